The predicted octanol–water partition coefficient (Wildman–Crippen LogP) is -2.71. The van der Waals surface area contributed by atoms with Gasteiger partial charge in [0.2, 0.25) is 0 Å². The van der Waals surface area contributed by atoms with Crippen molar-refractivity contribution in [2.24, 2.45) is 10.2 Å². The van der Waals surface area contributed by atoms with E-state index in [1.165, 1.54) is 12.1 Å². The molecule has 2 N–H and O–H groups in total. The molecule has 3 rings (SSSR count). The van der Waals surface area contributed by atoms with E-state index < -0.39 is 15.0 Å². The minimum atomic E-state index is -4.80. The summed E-state index contributed by atoms with van der Waals surface area (Å²) < 4.78 is 39.2. The Balaban J connectivity index is 0.00000225. The number of anilines is 1. The zero-order chi connectivity index (χ0) is 20.3. The molecule has 0 saturated carbocycles. The van der Waals surface area contributed by atoms with Gasteiger partial charge in [0.1, 0.15) is 10.1 Å². The third kappa shape index (κ3) is 6.99. The maximum Gasteiger partial charge on any atom is 1.00 e. The summed E-state index contributed by atoms with van der Waals surface area (Å²) in [4.78, 5) is -0.258. The van der Waals surface area contributed by atoms with Crippen LogP contribution in [0.4, 0.5) is 17.1 Å². The summed E-state index contributed by atoms with van der Waals surface area (Å²) in [6, 6.07) is 12.4. The van der Waals surface area contributed by atoms with Crippen LogP contribution in [0.3, 0.4) is 0 Å². The van der Waals surface area contributed by atoms with Crippen molar-refractivity contribution in [3.05, 3.63) is 54.1 Å². The topological polar surface area (TPSA) is 149 Å². The smallest absolute Gasteiger partial charge is 0.744 e. The molecule has 3 aromatic carbocycles. The van der Waals surface area contributed by atoms with Crippen molar-refractivity contribution in [3.63, 3.8) is 0 Å². The van der Waals surface area contributed by atoms with Gasteiger partial charge in [0.15, 0.2) is 0 Å². The van der Waals surface area contributed by atoms with E-state index in [1.54, 1.807) is 30.3 Å². The molecule has 30 heavy (non-hydrogen) atoms. The fourth-order valence-corrected chi connectivity index (χ4v) is 3.73. The zero-order valence-corrected chi connectivity index (χ0v) is 22.0. The molecule has 0 amide bonds. The van der Waals surface area contributed by atoms with Gasteiger partial charge in [-0.1, -0.05) is 6.07 Å². The molecule has 0 aromatic heterocycles. The number of nitrogens with two attached hydrogens (primary N) is 1. The monoisotopic (exact) mass is 465 g/mol. The van der Waals surface area contributed by atoms with Crippen molar-refractivity contribution in [2.45, 2.75) is 16.7 Å². The van der Waals surface area contributed by atoms with E-state index in [0.717, 1.165) is 11.6 Å². The van der Waals surface area contributed by atoms with Crippen molar-refractivity contribution in [2.75, 3.05) is 5.73 Å². The van der Waals surface area contributed by atoms with Crippen LogP contribution in [0, 0.1) is 6.92 Å². The molecule has 146 valence electrons. The van der Waals surface area contributed by atoms with Crippen LogP contribution in [0.25, 0.3) is 10.8 Å². The molecular formula is C17H13N3Na2O6S2. The van der Waals surface area contributed by atoms with Gasteiger partial charge in [0.25, 0.3) is 0 Å². The van der Waals surface area contributed by atoms with Gasteiger partial charge in [-0.3, -0.25) is 5.04 Å². The Morgan fingerprint density at radius 2 is 1.63 bits per heavy atom. The van der Waals surface area contributed by atoms with E-state index in [9.17, 15) is 18.2 Å². The molecule has 0 saturated heterocycles. The number of aryl methyl sites for hydroxylation is 1. The van der Waals surface area contributed by atoms with E-state index in [4.69, 9.17) is 5.73 Å². The van der Waals surface area contributed by atoms with Gasteiger partial charge < -0.3 is 15.5 Å². The van der Waals surface area contributed by atoms with Gasteiger partial charge in [-0.2, -0.15) is 14.6 Å². The zero-order valence-electron chi connectivity index (χ0n) is 16.4. The molecule has 13 heteroatoms. The van der Waals surface area contributed by atoms with Gasteiger partial charge in [-0.25, -0.2) is 8.42 Å². The Labute approximate surface area is 221 Å². The largest absolute Gasteiger partial charge is 1.00 e. The van der Waals surface area contributed by atoms with Crippen molar-refractivity contribution in [3.8, 4) is 0 Å². The van der Waals surface area contributed by atoms with E-state index >= 15 is 0 Å². The van der Waals surface area contributed by atoms with Crippen LogP contribution in [0.1, 0.15) is 5.56 Å². The molecule has 0 fully saturated rings. The Bertz CT molecular complexity index is 1180. The minimum absolute atomic E-state index is 0. The number of hydrogen-bond donors (Lipinski definition) is 1. The summed E-state index contributed by atoms with van der Waals surface area (Å²) in [5.74, 6) is 0. The molecule has 0 spiro atoms. The van der Waals surface area contributed by atoms with Crippen LogP contribution in [0.2, 0.25) is 0 Å². The quantitative estimate of drug-likeness (QED) is 0.0785. The maximum absolute atomic E-state index is 11.7. The number of nitrogen functional groups attached to an aromatic ring is 1. The van der Waals surface area contributed by atoms with Crippen LogP contribution in [-0.2, 0) is 19.5 Å². The van der Waals surface area contributed by atoms with Crippen molar-refractivity contribution < 1.29 is 86.7 Å². The summed E-state index contributed by atoms with van der Waals surface area (Å²) in [6.07, 6.45) is 0. The Kier molecular flexibility index (Phi) is 10.9. The third-order valence-electron chi connectivity index (χ3n) is 3.84. The summed E-state index contributed by atoms with van der Waals surface area (Å²) in [7, 11) is -4.80. The van der Waals surface area contributed by atoms with Crippen molar-refractivity contribution >= 4 is 50.0 Å². The third-order valence-corrected chi connectivity index (χ3v) is 5.26. The average Bonchev–Trinajstić information content (AvgIpc) is 2.65. The van der Waals surface area contributed by atoms with Crippen LogP contribution in [0.5, 0.6) is 0 Å². The fourth-order valence-electron chi connectivity index (χ4n) is 2.49. The van der Waals surface area contributed by atoms with Crippen molar-refractivity contribution in [1.29, 1.82) is 0 Å². The first-order valence-electron chi connectivity index (χ1n) is 7.72. The number of azo groups is 1. The molecular weight excluding hydrogens is 452 g/mol. The Morgan fingerprint density at radius 1 is 1.00 bits per heavy atom. The maximum atomic E-state index is 11.7. The number of fused-ring (bicyclic) bond motifs is 1. The molecule has 0 atom stereocenters. The van der Waals surface area contributed by atoms with E-state index in [0.29, 0.717) is 34.5 Å². The first kappa shape index (κ1) is 27.5. The predicted molar refractivity (Wildman–Crippen MR) is 99.7 cm³/mol. The van der Waals surface area contributed by atoms with Gasteiger partial charge in [-0.15, -0.1) is 0 Å². The first-order chi connectivity index (χ1) is 13.3. The average molecular weight is 465 g/mol. The molecule has 0 aliphatic rings. The van der Waals surface area contributed by atoms with E-state index in [-0.39, 0.29) is 69.4 Å². The number of benzene rings is 3. The fraction of sp³-hybridized carbons (Fsp3) is 0.0588. The summed E-state index contributed by atoms with van der Waals surface area (Å²) >= 11 is 0.490. The molecule has 0 aliphatic heterocycles. The van der Waals surface area contributed by atoms with Gasteiger partial charge in [0.05, 0.1) is 28.3 Å². The molecule has 0 heterocycles. The molecule has 0 bridgehead atoms. The molecule has 0 unspecified atom stereocenters. The second-order valence-corrected chi connectivity index (χ2v) is 7.86. The summed E-state index contributed by atoms with van der Waals surface area (Å²) in [6.45, 7) is 1.84. The number of rotatable bonds is 6. The van der Waals surface area contributed by atoms with E-state index in [1.807, 2.05) is 6.92 Å². The normalized spacial score (nSPS) is 11.3. The van der Waals surface area contributed by atoms with Crippen LogP contribution < -0.4 is 70.1 Å². The van der Waals surface area contributed by atoms with Crippen LogP contribution in [0.15, 0.2) is 68.6 Å². The van der Waals surface area contributed by atoms with Crippen molar-refractivity contribution in [1.82, 2.24) is 0 Å². The molecule has 9 nitrogen and oxygen atoms in total. The van der Waals surface area contributed by atoms with Crippen LogP contribution in [-0.4, -0.2) is 13.0 Å². The Hall–Kier alpha value is -0.540. The molecule has 0 aliphatic carbocycles. The standard InChI is InChI=1S/C17H15N3O6S2.2Na/c1-10-6-12(4-5-16(10)18)19-20-13-3-2-11-7-14(27-26-25-21)9-17(15(11)8-13)28(22,23)24;;/h2-9,21H,18H2,1H3,(H,22,23,24);;/q;2*+1/p-2. The SMILES string of the molecule is Cc1cc(N=Nc2ccc3cc(SOO[O-])cc(S(=O)(=O)[O-])c3c2)ccc1N.[Na+].[Na+]. The Morgan fingerprint density at radius 3 is 2.23 bits per heavy atom. The first-order valence-corrected chi connectivity index (χ1v) is 9.87. The van der Waals surface area contributed by atoms with Crippen LogP contribution >= 0.6 is 12.0 Å². The number of nitrogens with zero attached hydrogens (tertiary/aromatic N) is 2. The summed E-state index contributed by atoms with van der Waals surface area (Å²) in [5, 5.41) is 22.0. The second kappa shape index (κ2) is 11.9. The summed E-state index contributed by atoms with van der Waals surface area (Å²) in [5.41, 5.74) is 8.18. The minimum Gasteiger partial charge on any atom is -0.744 e. The van der Waals surface area contributed by atoms with Gasteiger partial charge >= 0.3 is 59.1 Å². The van der Waals surface area contributed by atoms with Gasteiger partial charge in [-0.05, 0) is 60.3 Å². The molecule has 0 radical (unpaired) electrons. The molecule has 3 aromatic rings. The second-order valence-electron chi connectivity index (χ2n) is 5.74. The number of hydrogen-bond acceptors (Lipinski definition) is 10. The van der Waals surface area contributed by atoms with Gasteiger partial charge in [0, 0.05) is 16.0 Å². The van der Waals surface area contributed by atoms with E-state index in [2.05, 4.69) is 19.6 Å².